The van der Waals surface area contributed by atoms with Crippen LogP contribution in [0.25, 0.3) is 0 Å². The van der Waals surface area contributed by atoms with Crippen molar-refractivity contribution in [3.05, 3.63) is 107 Å². The lowest BCUT2D eigenvalue weighted by Crippen LogP contribution is -2.45. The number of benzene rings is 3. The number of carbonyl (C=O) groups is 1. The molecule has 0 aliphatic carbocycles. The number of hydrogen-bond donors (Lipinski definition) is 2. The molecule has 0 saturated carbocycles. The van der Waals surface area contributed by atoms with E-state index in [1.807, 2.05) is 50.2 Å². The zero-order valence-electron chi connectivity index (χ0n) is 15.7. The number of Topliss-reactive ketones (excluding diaryl/α,β-unsaturated/α-hetero) is 1. The van der Waals surface area contributed by atoms with Crippen molar-refractivity contribution >= 4 is 18.4 Å². The second-order valence-corrected chi connectivity index (χ2v) is 8.52. The van der Waals surface area contributed by atoms with Gasteiger partial charge in [-0.25, -0.2) is 0 Å². The van der Waals surface area contributed by atoms with Gasteiger partial charge >= 0.3 is 0 Å². The molecule has 3 rings (SSSR count). The highest BCUT2D eigenvalue weighted by Gasteiger charge is 2.29. The largest absolute Gasteiger partial charge is 0.320 e. The average Bonchev–Trinajstić information content (AvgIpc) is 2.68. The Morgan fingerprint density at radius 3 is 1.59 bits per heavy atom. The average molecular weight is 376 g/mol. The third-order valence-corrected chi connectivity index (χ3v) is 5.12. The molecular formula is C24H25NOS. The van der Waals surface area contributed by atoms with Gasteiger partial charge in [0.05, 0.1) is 6.04 Å². The van der Waals surface area contributed by atoms with Crippen LogP contribution in [0.1, 0.15) is 46.8 Å². The highest BCUT2D eigenvalue weighted by molar-refractivity contribution is 7.81. The minimum Gasteiger partial charge on any atom is -0.320 e. The fraction of sp³-hybridized carbons (Fsp3) is 0.208. The quantitative estimate of drug-likeness (QED) is 0.358. The van der Waals surface area contributed by atoms with Crippen molar-refractivity contribution in [1.29, 1.82) is 0 Å². The summed E-state index contributed by atoms with van der Waals surface area (Å²) >= 11 is 4.44. The first kappa shape index (κ1) is 19.4. The van der Waals surface area contributed by atoms with E-state index in [1.165, 1.54) is 11.1 Å². The number of ketones is 1. The Kier molecular flexibility index (Phi) is 5.83. The van der Waals surface area contributed by atoms with Crippen molar-refractivity contribution in [3.63, 3.8) is 0 Å². The van der Waals surface area contributed by atoms with E-state index in [1.54, 1.807) is 0 Å². The van der Waals surface area contributed by atoms with Crippen molar-refractivity contribution in [2.45, 2.75) is 30.6 Å². The molecule has 0 aromatic heterocycles. The van der Waals surface area contributed by atoms with E-state index < -0.39 is 10.8 Å². The molecule has 0 heterocycles. The van der Waals surface area contributed by atoms with Crippen LogP contribution in [0.5, 0.6) is 0 Å². The maximum absolute atomic E-state index is 12.6. The van der Waals surface area contributed by atoms with Crippen molar-refractivity contribution in [2.75, 3.05) is 0 Å². The van der Waals surface area contributed by atoms with Crippen LogP contribution in [0, 0.1) is 0 Å². The number of hydrogen-bond acceptors (Lipinski definition) is 3. The van der Waals surface area contributed by atoms with Gasteiger partial charge in [-0.15, -0.1) is 0 Å². The second kappa shape index (κ2) is 8.12. The molecule has 0 amide bonds. The molecule has 0 fully saturated rings. The first-order valence-electron chi connectivity index (χ1n) is 9.10. The van der Waals surface area contributed by atoms with Crippen LogP contribution in [-0.4, -0.2) is 16.6 Å². The maximum Gasteiger partial charge on any atom is 0.180 e. The van der Waals surface area contributed by atoms with E-state index in [2.05, 4.69) is 61.2 Å². The number of rotatable bonds is 6. The normalized spacial score (nSPS) is 12.8. The smallest absolute Gasteiger partial charge is 0.180 e. The van der Waals surface area contributed by atoms with Crippen LogP contribution >= 0.6 is 12.6 Å². The molecule has 0 saturated heterocycles. The Morgan fingerprint density at radius 1 is 0.778 bits per heavy atom. The molecule has 0 unspecified atom stereocenters. The highest BCUT2D eigenvalue weighted by Crippen LogP contribution is 2.32. The van der Waals surface area contributed by atoms with Gasteiger partial charge in [-0.1, -0.05) is 84.9 Å². The molecule has 3 aromatic carbocycles. The molecule has 27 heavy (non-hydrogen) atoms. The molecule has 0 spiro atoms. The third kappa shape index (κ3) is 4.49. The summed E-state index contributed by atoms with van der Waals surface area (Å²) in [5.41, 5.74) is 10.3. The van der Waals surface area contributed by atoms with Gasteiger partial charge in [0.1, 0.15) is 0 Å². The van der Waals surface area contributed by atoms with E-state index in [0.717, 1.165) is 5.56 Å². The van der Waals surface area contributed by atoms with Gasteiger partial charge in [0.15, 0.2) is 5.78 Å². The van der Waals surface area contributed by atoms with E-state index in [9.17, 15) is 4.79 Å². The summed E-state index contributed by atoms with van der Waals surface area (Å²) in [4.78, 5) is 12.6. The predicted octanol–water partition coefficient (Wildman–Crippen LogP) is 5.09. The summed E-state index contributed by atoms with van der Waals surface area (Å²) in [7, 11) is 0. The zero-order valence-corrected chi connectivity index (χ0v) is 16.6. The lowest BCUT2D eigenvalue weighted by molar-refractivity contribution is 0.0949. The summed E-state index contributed by atoms with van der Waals surface area (Å²) in [6.07, 6.45) is 0. The van der Waals surface area contributed by atoms with Crippen molar-refractivity contribution in [2.24, 2.45) is 5.73 Å². The fourth-order valence-corrected chi connectivity index (χ4v) is 3.33. The molecule has 0 aliphatic heterocycles. The molecule has 3 aromatic rings. The molecule has 0 bridgehead atoms. The predicted molar refractivity (Wildman–Crippen MR) is 116 cm³/mol. The molecule has 1 atom stereocenters. The summed E-state index contributed by atoms with van der Waals surface area (Å²) in [6.45, 7) is 3.71. The standard InChI is InChI=1S/C24H25NOS/c1-24(2,27)23(25)22(26)20-15-13-19(14-16-20)21(17-9-5-3-6-10-17)18-11-7-4-8-12-18/h3-16,21,23,27H,25H2,1-2H3/t23-/m1/s1. The van der Waals surface area contributed by atoms with Gasteiger partial charge in [0.25, 0.3) is 0 Å². The molecule has 138 valence electrons. The first-order valence-corrected chi connectivity index (χ1v) is 9.54. The van der Waals surface area contributed by atoms with Crippen LogP contribution in [0.15, 0.2) is 84.9 Å². The summed E-state index contributed by atoms with van der Waals surface area (Å²) in [5, 5.41) is 0. The zero-order chi connectivity index (χ0) is 19.4. The van der Waals surface area contributed by atoms with Crippen LogP contribution in [0.2, 0.25) is 0 Å². The van der Waals surface area contributed by atoms with Gasteiger partial charge in [-0.05, 0) is 30.5 Å². The third-order valence-electron chi connectivity index (χ3n) is 4.84. The summed E-state index contributed by atoms with van der Waals surface area (Å²) in [5.74, 6) is 0.0315. The topological polar surface area (TPSA) is 43.1 Å². The van der Waals surface area contributed by atoms with Crippen molar-refractivity contribution < 1.29 is 4.79 Å². The summed E-state index contributed by atoms with van der Waals surface area (Å²) in [6, 6.07) is 27.9. The van der Waals surface area contributed by atoms with Crippen LogP contribution in [-0.2, 0) is 0 Å². The SMILES string of the molecule is CC(C)(S)[C@H](N)C(=O)c1ccc(C(c2ccccc2)c2ccccc2)cc1. The van der Waals surface area contributed by atoms with E-state index >= 15 is 0 Å². The number of carbonyl (C=O) groups excluding carboxylic acids is 1. The van der Waals surface area contributed by atoms with Gasteiger partial charge < -0.3 is 5.73 Å². The minimum absolute atomic E-state index is 0.0856. The molecular weight excluding hydrogens is 350 g/mol. The van der Waals surface area contributed by atoms with Gasteiger partial charge in [0, 0.05) is 16.2 Å². The van der Waals surface area contributed by atoms with Gasteiger partial charge in [0.2, 0.25) is 0 Å². The van der Waals surface area contributed by atoms with E-state index in [-0.39, 0.29) is 11.7 Å². The Bertz CT molecular complexity index is 844. The van der Waals surface area contributed by atoms with E-state index in [0.29, 0.717) is 5.56 Å². The van der Waals surface area contributed by atoms with Crippen molar-refractivity contribution in [3.8, 4) is 0 Å². The maximum atomic E-state index is 12.6. The molecule has 2 N–H and O–H groups in total. The molecule has 0 radical (unpaired) electrons. The highest BCUT2D eigenvalue weighted by atomic mass is 32.1. The molecule has 0 aliphatic rings. The number of nitrogens with two attached hydrogens (primary N) is 1. The fourth-order valence-electron chi connectivity index (χ4n) is 3.21. The van der Waals surface area contributed by atoms with Crippen LogP contribution in [0.3, 0.4) is 0 Å². The Morgan fingerprint density at radius 2 is 1.19 bits per heavy atom. The van der Waals surface area contributed by atoms with Gasteiger partial charge in [-0.3, -0.25) is 4.79 Å². The second-order valence-electron chi connectivity index (χ2n) is 7.37. The van der Waals surface area contributed by atoms with Crippen molar-refractivity contribution in [1.82, 2.24) is 0 Å². The Hall–Kier alpha value is -2.36. The monoisotopic (exact) mass is 375 g/mol. The lowest BCUT2D eigenvalue weighted by atomic mass is 9.84. The first-order chi connectivity index (χ1) is 12.9. The lowest BCUT2D eigenvalue weighted by Gasteiger charge is -2.25. The Labute approximate surface area is 166 Å². The Balaban J connectivity index is 1.96. The van der Waals surface area contributed by atoms with E-state index in [4.69, 9.17) is 5.73 Å². The number of thiol groups is 1. The van der Waals surface area contributed by atoms with Crippen LogP contribution < -0.4 is 5.73 Å². The van der Waals surface area contributed by atoms with Crippen LogP contribution in [0.4, 0.5) is 0 Å². The minimum atomic E-state index is -0.647. The summed E-state index contributed by atoms with van der Waals surface area (Å²) < 4.78 is -0.563. The molecule has 3 heteroatoms. The van der Waals surface area contributed by atoms with Gasteiger partial charge in [-0.2, -0.15) is 12.6 Å². The molecule has 2 nitrogen and oxygen atoms in total.